The first kappa shape index (κ1) is 14.3. The lowest BCUT2D eigenvalue weighted by molar-refractivity contribution is 0.102. The van der Waals surface area contributed by atoms with Crippen molar-refractivity contribution >= 4 is 28.1 Å². The molecule has 0 saturated carbocycles. The number of rotatable bonds is 3. The highest BCUT2D eigenvalue weighted by Gasteiger charge is 2.12. The van der Waals surface area contributed by atoms with E-state index in [1.54, 1.807) is 6.07 Å². The number of amides is 1. The lowest BCUT2D eigenvalue weighted by atomic mass is 10.1. The third-order valence-electron chi connectivity index (χ3n) is 3.25. The number of aromatic nitrogens is 1. The van der Waals surface area contributed by atoms with Crippen molar-refractivity contribution < 1.29 is 4.79 Å². The lowest BCUT2D eigenvalue weighted by Crippen LogP contribution is -2.12. The zero-order valence-corrected chi connectivity index (χ0v) is 12.9. The highest BCUT2D eigenvalue weighted by atomic mass is 32.1. The number of carbonyl (C=O) groups is 1. The molecule has 0 atom stereocenters. The summed E-state index contributed by atoms with van der Waals surface area (Å²) in [6, 6.07) is 15.1. The molecule has 0 radical (unpaired) electrons. The van der Waals surface area contributed by atoms with Gasteiger partial charge in [-0.2, -0.15) is 0 Å². The summed E-state index contributed by atoms with van der Waals surface area (Å²) in [7, 11) is 0. The van der Waals surface area contributed by atoms with Gasteiger partial charge < -0.3 is 11.1 Å². The number of anilines is 2. The second-order valence-electron chi connectivity index (χ2n) is 4.94. The second kappa shape index (κ2) is 5.99. The average Bonchev–Trinajstić information content (AvgIpc) is 2.94. The van der Waals surface area contributed by atoms with Crippen LogP contribution in [-0.2, 0) is 0 Å². The molecule has 2 aromatic carbocycles. The van der Waals surface area contributed by atoms with Crippen molar-refractivity contribution in [3.8, 4) is 11.3 Å². The summed E-state index contributed by atoms with van der Waals surface area (Å²) in [6.07, 6.45) is 0. The van der Waals surface area contributed by atoms with Gasteiger partial charge >= 0.3 is 0 Å². The van der Waals surface area contributed by atoms with Crippen LogP contribution in [0.1, 0.15) is 15.9 Å². The van der Waals surface area contributed by atoms with E-state index in [4.69, 9.17) is 5.73 Å². The van der Waals surface area contributed by atoms with Crippen molar-refractivity contribution in [1.82, 2.24) is 4.98 Å². The van der Waals surface area contributed by atoms with Gasteiger partial charge in [0, 0.05) is 16.5 Å². The standard InChI is InChI=1S/C17H15N3OS/c1-11-5-4-6-12(9-11)16(21)19-14-8-3-2-7-13(14)15-10-22-17(18)20-15/h2-10H,1H3,(H2,18,20)(H,19,21). The first-order chi connectivity index (χ1) is 10.6. The Balaban J connectivity index is 1.91. The van der Waals surface area contributed by atoms with E-state index in [1.807, 2.05) is 54.8 Å². The summed E-state index contributed by atoms with van der Waals surface area (Å²) in [5, 5.41) is 5.34. The minimum Gasteiger partial charge on any atom is -0.375 e. The first-order valence-electron chi connectivity index (χ1n) is 6.82. The molecule has 0 spiro atoms. The van der Waals surface area contributed by atoms with E-state index < -0.39 is 0 Å². The fourth-order valence-corrected chi connectivity index (χ4v) is 2.77. The minimum absolute atomic E-state index is 0.139. The topological polar surface area (TPSA) is 68.0 Å². The Hall–Kier alpha value is -2.66. The molecule has 110 valence electrons. The number of nitrogen functional groups attached to an aromatic ring is 1. The van der Waals surface area contributed by atoms with Crippen molar-refractivity contribution in [3.05, 3.63) is 65.0 Å². The Morgan fingerprint density at radius 2 is 2.00 bits per heavy atom. The Bertz CT molecular complexity index is 826. The number of nitrogens with one attached hydrogen (secondary N) is 1. The van der Waals surface area contributed by atoms with Gasteiger partial charge in [0.15, 0.2) is 5.13 Å². The van der Waals surface area contributed by atoms with Gasteiger partial charge in [0.2, 0.25) is 0 Å². The van der Waals surface area contributed by atoms with Crippen LogP contribution in [0.5, 0.6) is 0 Å². The maximum absolute atomic E-state index is 12.4. The quantitative estimate of drug-likeness (QED) is 0.769. The average molecular weight is 309 g/mol. The van der Waals surface area contributed by atoms with E-state index >= 15 is 0 Å². The Morgan fingerprint density at radius 3 is 2.73 bits per heavy atom. The van der Waals surface area contributed by atoms with Crippen molar-refractivity contribution in [2.24, 2.45) is 0 Å². The predicted molar refractivity (Wildman–Crippen MR) is 91.1 cm³/mol. The molecular formula is C17H15N3OS. The minimum atomic E-state index is -0.139. The summed E-state index contributed by atoms with van der Waals surface area (Å²) in [5.74, 6) is -0.139. The Kier molecular flexibility index (Phi) is 3.89. The number of carbonyl (C=O) groups excluding carboxylic acids is 1. The molecule has 0 fully saturated rings. The molecule has 0 aliphatic rings. The molecular weight excluding hydrogens is 294 g/mol. The van der Waals surface area contributed by atoms with Crippen LogP contribution >= 0.6 is 11.3 Å². The smallest absolute Gasteiger partial charge is 0.255 e. The molecule has 0 saturated heterocycles. The molecule has 0 bridgehead atoms. The Labute approximate surface area is 132 Å². The van der Waals surface area contributed by atoms with Crippen LogP contribution in [0.3, 0.4) is 0 Å². The normalized spacial score (nSPS) is 10.4. The molecule has 1 amide bonds. The number of nitrogens with zero attached hydrogens (tertiary/aromatic N) is 1. The fourth-order valence-electron chi connectivity index (χ4n) is 2.21. The summed E-state index contributed by atoms with van der Waals surface area (Å²) in [6.45, 7) is 1.96. The third-order valence-corrected chi connectivity index (χ3v) is 3.93. The van der Waals surface area contributed by atoms with Crippen LogP contribution in [0.25, 0.3) is 11.3 Å². The maximum Gasteiger partial charge on any atom is 0.255 e. The summed E-state index contributed by atoms with van der Waals surface area (Å²) in [4.78, 5) is 16.7. The van der Waals surface area contributed by atoms with Gasteiger partial charge in [0.25, 0.3) is 5.91 Å². The zero-order valence-electron chi connectivity index (χ0n) is 12.0. The predicted octanol–water partition coefficient (Wildman–Crippen LogP) is 3.95. The molecule has 1 aromatic heterocycles. The fraction of sp³-hybridized carbons (Fsp3) is 0.0588. The van der Waals surface area contributed by atoms with Crippen molar-refractivity contribution in [2.75, 3.05) is 11.1 Å². The molecule has 0 aliphatic carbocycles. The van der Waals surface area contributed by atoms with E-state index in [0.717, 1.165) is 22.5 Å². The van der Waals surface area contributed by atoms with Gasteiger partial charge in [-0.25, -0.2) is 4.98 Å². The van der Waals surface area contributed by atoms with Crippen LogP contribution < -0.4 is 11.1 Å². The number of aryl methyl sites for hydroxylation is 1. The van der Waals surface area contributed by atoms with Crippen molar-refractivity contribution in [1.29, 1.82) is 0 Å². The van der Waals surface area contributed by atoms with E-state index in [1.165, 1.54) is 11.3 Å². The molecule has 22 heavy (non-hydrogen) atoms. The molecule has 0 aliphatic heterocycles. The number of hydrogen-bond acceptors (Lipinski definition) is 4. The van der Waals surface area contributed by atoms with Crippen molar-refractivity contribution in [2.45, 2.75) is 6.92 Å². The van der Waals surface area contributed by atoms with Gasteiger partial charge in [-0.15, -0.1) is 11.3 Å². The molecule has 3 N–H and O–H groups in total. The lowest BCUT2D eigenvalue weighted by Gasteiger charge is -2.10. The third kappa shape index (κ3) is 2.99. The second-order valence-corrected chi connectivity index (χ2v) is 5.83. The summed E-state index contributed by atoms with van der Waals surface area (Å²) < 4.78 is 0. The number of hydrogen-bond donors (Lipinski definition) is 2. The van der Waals surface area contributed by atoms with Crippen LogP contribution in [0.15, 0.2) is 53.9 Å². The molecule has 4 nitrogen and oxygen atoms in total. The number of benzene rings is 2. The zero-order chi connectivity index (χ0) is 15.5. The van der Waals surface area contributed by atoms with Gasteiger partial charge in [-0.05, 0) is 25.1 Å². The van der Waals surface area contributed by atoms with E-state index in [-0.39, 0.29) is 5.91 Å². The first-order valence-corrected chi connectivity index (χ1v) is 7.70. The van der Waals surface area contributed by atoms with Crippen LogP contribution in [0.4, 0.5) is 10.8 Å². The van der Waals surface area contributed by atoms with Gasteiger partial charge in [-0.3, -0.25) is 4.79 Å². The molecule has 3 aromatic rings. The van der Waals surface area contributed by atoms with Gasteiger partial charge in [-0.1, -0.05) is 35.9 Å². The number of para-hydroxylation sites is 1. The summed E-state index contributed by atoms with van der Waals surface area (Å²) in [5.41, 5.74) is 9.72. The SMILES string of the molecule is Cc1cccc(C(=O)Nc2ccccc2-c2csc(N)n2)c1. The van der Waals surface area contributed by atoms with E-state index in [9.17, 15) is 4.79 Å². The summed E-state index contributed by atoms with van der Waals surface area (Å²) >= 11 is 1.38. The number of nitrogens with two attached hydrogens (primary N) is 1. The van der Waals surface area contributed by atoms with Gasteiger partial charge in [0.05, 0.1) is 11.4 Å². The highest BCUT2D eigenvalue weighted by Crippen LogP contribution is 2.29. The van der Waals surface area contributed by atoms with Crippen LogP contribution in [0.2, 0.25) is 0 Å². The molecule has 3 rings (SSSR count). The monoisotopic (exact) mass is 309 g/mol. The molecule has 1 heterocycles. The highest BCUT2D eigenvalue weighted by molar-refractivity contribution is 7.13. The molecule has 5 heteroatoms. The van der Waals surface area contributed by atoms with E-state index in [2.05, 4.69) is 10.3 Å². The van der Waals surface area contributed by atoms with Crippen LogP contribution in [-0.4, -0.2) is 10.9 Å². The van der Waals surface area contributed by atoms with E-state index in [0.29, 0.717) is 10.7 Å². The van der Waals surface area contributed by atoms with Crippen LogP contribution in [0, 0.1) is 6.92 Å². The Morgan fingerprint density at radius 1 is 1.18 bits per heavy atom. The number of thiazole rings is 1. The maximum atomic E-state index is 12.4. The largest absolute Gasteiger partial charge is 0.375 e. The molecule has 0 unspecified atom stereocenters. The van der Waals surface area contributed by atoms with Crippen molar-refractivity contribution in [3.63, 3.8) is 0 Å². The van der Waals surface area contributed by atoms with Gasteiger partial charge in [0.1, 0.15) is 0 Å².